The molecule has 160 valence electrons. The average molecular weight is 408 g/mol. The standard InChI is InChI=1S/C20H28N2O7/c1-12(2)8-15(17(25)20(10-24)11-29-20)21-19(27)16(9-23)22-18(26)13-4-6-14(28-3)7-5-13/h4-7,12,15-16,23-24H,8-11H2,1-3H3,(H,21,27)(H,22,26)/t15?,16-,20?/m0/s1. The Morgan fingerprint density at radius 1 is 1.14 bits per heavy atom. The number of carbonyl (C=O) groups excluding carboxylic acids is 3. The fourth-order valence-electron chi connectivity index (χ4n) is 2.87. The molecule has 9 nitrogen and oxygen atoms in total. The monoisotopic (exact) mass is 408 g/mol. The predicted molar refractivity (Wildman–Crippen MR) is 103 cm³/mol. The number of benzene rings is 1. The zero-order valence-electron chi connectivity index (χ0n) is 16.8. The van der Waals surface area contributed by atoms with Gasteiger partial charge in [-0.3, -0.25) is 14.4 Å². The number of ketones is 1. The van der Waals surface area contributed by atoms with Crippen molar-refractivity contribution in [2.75, 3.05) is 26.9 Å². The molecule has 4 N–H and O–H groups in total. The highest BCUT2D eigenvalue weighted by molar-refractivity contribution is 6.00. The van der Waals surface area contributed by atoms with Crippen molar-refractivity contribution < 1.29 is 34.1 Å². The zero-order chi connectivity index (χ0) is 21.6. The molecular weight excluding hydrogens is 380 g/mol. The van der Waals surface area contributed by atoms with Crippen LogP contribution in [0.2, 0.25) is 0 Å². The van der Waals surface area contributed by atoms with Crippen molar-refractivity contribution in [3.05, 3.63) is 29.8 Å². The van der Waals surface area contributed by atoms with Gasteiger partial charge in [-0.2, -0.15) is 0 Å². The molecule has 0 saturated carbocycles. The number of aliphatic hydroxyl groups excluding tert-OH is 2. The molecule has 29 heavy (non-hydrogen) atoms. The Morgan fingerprint density at radius 3 is 2.21 bits per heavy atom. The SMILES string of the molecule is COc1ccc(C(=O)N[C@@H](CO)C(=O)NC(CC(C)C)C(=O)C2(CO)CO2)cc1. The van der Waals surface area contributed by atoms with E-state index in [1.54, 1.807) is 12.1 Å². The summed E-state index contributed by atoms with van der Waals surface area (Å²) >= 11 is 0. The van der Waals surface area contributed by atoms with Crippen molar-refractivity contribution in [2.45, 2.75) is 38.0 Å². The molecule has 1 aromatic rings. The topological polar surface area (TPSA) is 137 Å². The lowest BCUT2D eigenvalue weighted by Gasteiger charge is -2.24. The lowest BCUT2D eigenvalue weighted by Crippen LogP contribution is -2.55. The van der Waals surface area contributed by atoms with Crippen LogP contribution in [-0.2, 0) is 14.3 Å². The van der Waals surface area contributed by atoms with E-state index in [4.69, 9.17) is 9.47 Å². The van der Waals surface area contributed by atoms with E-state index in [1.165, 1.54) is 19.2 Å². The summed E-state index contributed by atoms with van der Waals surface area (Å²) < 4.78 is 10.1. The third-order valence-corrected chi connectivity index (χ3v) is 4.69. The van der Waals surface area contributed by atoms with E-state index >= 15 is 0 Å². The second-order valence-electron chi connectivity index (χ2n) is 7.43. The molecule has 1 fully saturated rings. The Hall–Kier alpha value is -2.49. The van der Waals surface area contributed by atoms with Crippen LogP contribution in [0.4, 0.5) is 0 Å². The first-order valence-corrected chi connectivity index (χ1v) is 9.41. The summed E-state index contributed by atoms with van der Waals surface area (Å²) in [7, 11) is 1.50. The summed E-state index contributed by atoms with van der Waals surface area (Å²) in [5.74, 6) is -0.998. The molecule has 0 aromatic heterocycles. The number of ether oxygens (including phenoxy) is 2. The van der Waals surface area contributed by atoms with Crippen molar-refractivity contribution >= 4 is 17.6 Å². The number of nitrogens with one attached hydrogen (secondary N) is 2. The summed E-state index contributed by atoms with van der Waals surface area (Å²) in [6, 6.07) is 4.12. The van der Waals surface area contributed by atoms with Gasteiger partial charge in [-0.1, -0.05) is 13.8 Å². The highest BCUT2D eigenvalue weighted by Gasteiger charge is 2.54. The first-order chi connectivity index (χ1) is 13.8. The number of epoxide rings is 1. The van der Waals surface area contributed by atoms with Gasteiger partial charge in [0.15, 0.2) is 11.4 Å². The van der Waals surface area contributed by atoms with Gasteiger partial charge in [-0.05, 0) is 36.6 Å². The summed E-state index contributed by atoms with van der Waals surface area (Å²) in [5.41, 5.74) is -0.981. The number of methoxy groups -OCH3 is 1. The second-order valence-corrected chi connectivity index (χ2v) is 7.43. The molecule has 2 unspecified atom stereocenters. The van der Waals surface area contributed by atoms with Crippen molar-refractivity contribution in [3.8, 4) is 5.75 Å². The largest absolute Gasteiger partial charge is 0.497 e. The van der Waals surface area contributed by atoms with Crippen LogP contribution in [0.25, 0.3) is 0 Å². The third kappa shape index (κ3) is 5.75. The van der Waals surface area contributed by atoms with Crippen LogP contribution in [0.1, 0.15) is 30.6 Å². The molecule has 1 aromatic carbocycles. The summed E-state index contributed by atoms with van der Waals surface area (Å²) in [6.45, 7) is 2.78. The van der Waals surface area contributed by atoms with Crippen LogP contribution >= 0.6 is 0 Å². The van der Waals surface area contributed by atoms with E-state index in [9.17, 15) is 24.6 Å². The van der Waals surface area contributed by atoms with Crippen LogP contribution in [0.5, 0.6) is 5.75 Å². The third-order valence-electron chi connectivity index (χ3n) is 4.69. The number of amides is 2. The Kier molecular flexibility index (Phi) is 7.72. The Bertz CT molecular complexity index is 729. The van der Waals surface area contributed by atoms with Crippen LogP contribution in [0, 0.1) is 5.92 Å². The fourth-order valence-corrected chi connectivity index (χ4v) is 2.87. The van der Waals surface area contributed by atoms with Crippen LogP contribution in [-0.4, -0.2) is 72.4 Å². The molecule has 2 rings (SSSR count). The van der Waals surface area contributed by atoms with Crippen LogP contribution < -0.4 is 15.4 Å². The van der Waals surface area contributed by atoms with E-state index in [2.05, 4.69) is 10.6 Å². The van der Waals surface area contributed by atoms with Crippen LogP contribution in [0.15, 0.2) is 24.3 Å². The zero-order valence-corrected chi connectivity index (χ0v) is 16.8. The smallest absolute Gasteiger partial charge is 0.252 e. The molecule has 0 radical (unpaired) electrons. The van der Waals surface area contributed by atoms with Gasteiger partial charge in [-0.15, -0.1) is 0 Å². The van der Waals surface area contributed by atoms with Gasteiger partial charge >= 0.3 is 0 Å². The minimum atomic E-state index is -1.27. The lowest BCUT2D eigenvalue weighted by molar-refractivity contribution is -0.133. The maximum atomic E-state index is 12.7. The molecular formula is C20H28N2O7. The number of Topliss-reactive ketones (excluding diaryl/α,β-unsaturated/α-hetero) is 1. The van der Waals surface area contributed by atoms with Crippen LogP contribution in [0.3, 0.4) is 0 Å². The number of hydrogen-bond donors (Lipinski definition) is 4. The highest BCUT2D eigenvalue weighted by Crippen LogP contribution is 2.30. The lowest BCUT2D eigenvalue weighted by atomic mass is 9.92. The summed E-state index contributed by atoms with van der Waals surface area (Å²) in [5, 5.41) is 24.0. The molecule has 3 atom stereocenters. The van der Waals surface area contributed by atoms with Crippen molar-refractivity contribution in [1.82, 2.24) is 10.6 Å². The van der Waals surface area contributed by atoms with Gasteiger partial charge in [0.1, 0.15) is 11.8 Å². The van der Waals surface area contributed by atoms with E-state index < -0.39 is 48.5 Å². The minimum Gasteiger partial charge on any atom is -0.497 e. The highest BCUT2D eigenvalue weighted by atomic mass is 16.6. The molecule has 2 amide bonds. The predicted octanol–water partition coefficient (Wildman–Crippen LogP) is -0.353. The van der Waals surface area contributed by atoms with Crippen molar-refractivity contribution in [1.29, 1.82) is 0 Å². The van der Waals surface area contributed by atoms with Gasteiger partial charge < -0.3 is 30.3 Å². The van der Waals surface area contributed by atoms with Gasteiger partial charge in [0.2, 0.25) is 5.91 Å². The maximum Gasteiger partial charge on any atom is 0.252 e. The Morgan fingerprint density at radius 2 is 1.76 bits per heavy atom. The number of aliphatic hydroxyl groups is 2. The van der Waals surface area contributed by atoms with E-state index in [0.717, 1.165) is 0 Å². The molecule has 1 aliphatic heterocycles. The first-order valence-electron chi connectivity index (χ1n) is 9.41. The number of carbonyl (C=O) groups is 3. The van der Waals surface area contributed by atoms with Crippen molar-refractivity contribution in [3.63, 3.8) is 0 Å². The van der Waals surface area contributed by atoms with E-state index in [-0.39, 0.29) is 18.1 Å². The normalized spacial score (nSPS) is 19.9. The molecule has 9 heteroatoms. The molecule has 1 saturated heterocycles. The molecule has 0 spiro atoms. The first kappa shape index (κ1) is 22.8. The summed E-state index contributed by atoms with van der Waals surface area (Å²) in [6.07, 6.45) is 0.334. The minimum absolute atomic E-state index is 0.0835. The fraction of sp³-hybridized carbons (Fsp3) is 0.550. The van der Waals surface area contributed by atoms with Gasteiger partial charge in [-0.25, -0.2) is 0 Å². The quantitative estimate of drug-likeness (QED) is 0.367. The Labute approximate surface area is 169 Å². The molecule has 0 aliphatic carbocycles. The average Bonchev–Trinajstić information content (AvgIpc) is 3.51. The summed E-state index contributed by atoms with van der Waals surface area (Å²) in [4.78, 5) is 37.7. The van der Waals surface area contributed by atoms with E-state index in [0.29, 0.717) is 12.2 Å². The Balaban J connectivity index is 2.05. The number of rotatable bonds is 11. The van der Waals surface area contributed by atoms with Gasteiger partial charge in [0, 0.05) is 5.56 Å². The van der Waals surface area contributed by atoms with Gasteiger partial charge in [0.05, 0.1) is 33.0 Å². The molecule has 0 bridgehead atoms. The maximum absolute atomic E-state index is 12.7. The molecule has 1 heterocycles. The molecule has 1 aliphatic rings. The van der Waals surface area contributed by atoms with E-state index in [1.807, 2.05) is 13.8 Å². The van der Waals surface area contributed by atoms with Gasteiger partial charge in [0.25, 0.3) is 5.91 Å². The number of hydrogen-bond acceptors (Lipinski definition) is 7. The second kappa shape index (κ2) is 9.82. The van der Waals surface area contributed by atoms with Crippen molar-refractivity contribution in [2.24, 2.45) is 5.92 Å².